The highest BCUT2D eigenvalue weighted by molar-refractivity contribution is 5.86. The molecule has 0 aliphatic heterocycles. The smallest absolute Gasteiger partial charge is 0.326 e. The Labute approximate surface area is 282 Å². The third-order valence-corrected chi connectivity index (χ3v) is 8.69. The number of carbonyl (C=O) groups is 3. The van der Waals surface area contributed by atoms with E-state index in [1.807, 2.05) is 71.8 Å². The van der Waals surface area contributed by atoms with E-state index in [-0.39, 0.29) is 42.7 Å². The molecule has 10 nitrogen and oxygen atoms in total. The van der Waals surface area contributed by atoms with Gasteiger partial charge in [-0.2, -0.15) is 5.26 Å². The average molecular weight is 651 g/mol. The van der Waals surface area contributed by atoms with Gasteiger partial charge < -0.3 is 20.3 Å². The molecule has 0 bridgehead atoms. The van der Waals surface area contributed by atoms with Crippen LogP contribution in [-0.2, 0) is 33.9 Å². The number of carbonyl (C=O) groups excluding carboxylic acids is 2. The standard InChI is InChI=1S/C38H46N6O4/c1-5-27(4)35(42-36(45)18-32-20-40-25-44(32)21-29-15-13-28(19-39)14-16-29)23-43(24-37(46)41-34(38(47)48)17-26(2)3)22-31-11-8-10-30-9-6-7-12-33(30)31/h6-16,20,25-27,34-35H,5,17-18,21-24H2,1-4H3,(H,41,46)(H,42,45)(H,47,48)/t27?,34-,35+/m0/s1. The molecule has 0 aliphatic rings. The average Bonchev–Trinajstić information content (AvgIpc) is 3.49. The summed E-state index contributed by atoms with van der Waals surface area (Å²) in [7, 11) is 0. The minimum Gasteiger partial charge on any atom is -0.480 e. The molecule has 2 amide bonds. The molecule has 0 spiro atoms. The Balaban J connectivity index is 1.52. The third-order valence-electron chi connectivity index (χ3n) is 8.69. The fraction of sp³-hybridized carbons (Fsp3) is 0.395. The summed E-state index contributed by atoms with van der Waals surface area (Å²) in [6.45, 7) is 9.33. The van der Waals surface area contributed by atoms with Gasteiger partial charge in [-0.1, -0.05) is 88.7 Å². The highest BCUT2D eigenvalue weighted by atomic mass is 16.4. The molecule has 3 atom stereocenters. The number of benzene rings is 3. The molecule has 3 aromatic carbocycles. The molecule has 0 fully saturated rings. The van der Waals surface area contributed by atoms with Crippen molar-refractivity contribution in [2.24, 2.45) is 11.8 Å². The van der Waals surface area contributed by atoms with E-state index in [1.165, 1.54) is 0 Å². The van der Waals surface area contributed by atoms with Crippen LogP contribution in [0.4, 0.5) is 0 Å². The van der Waals surface area contributed by atoms with E-state index in [4.69, 9.17) is 5.26 Å². The number of aromatic nitrogens is 2. The summed E-state index contributed by atoms with van der Waals surface area (Å²) in [5, 5.41) is 27.0. The molecule has 3 N–H and O–H groups in total. The maximum Gasteiger partial charge on any atom is 0.326 e. The fourth-order valence-electron chi connectivity index (χ4n) is 5.86. The number of nitrogens with one attached hydrogen (secondary N) is 2. The molecule has 0 saturated carbocycles. The molecule has 0 radical (unpaired) electrons. The van der Waals surface area contributed by atoms with Crippen LogP contribution in [0.5, 0.6) is 0 Å². The monoisotopic (exact) mass is 650 g/mol. The van der Waals surface area contributed by atoms with Gasteiger partial charge in [0.25, 0.3) is 0 Å². The first kappa shape index (κ1) is 35.8. The maximum absolute atomic E-state index is 13.5. The second-order valence-electron chi connectivity index (χ2n) is 13.0. The van der Waals surface area contributed by atoms with Crippen LogP contribution < -0.4 is 10.6 Å². The van der Waals surface area contributed by atoms with Crippen LogP contribution in [0.15, 0.2) is 79.3 Å². The molecule has 1 unspecified atom stereocenters. The Morgan fingerprint density at radius 2 is 1.71 bits per heavy atom. The molecule has 4 rings (SSSR count). The SMILES string of the molecule is CCC(C)[C@@H](CN(CC(=O)N[C@@H](CC(C)C)C(=O)O)Cc1cccc2ccccc12)NC(=O)Cc1cncn1Cc1ccc(C#N)cc1. The van der Waals surface area contributed by atoms with E-state index in [0.29, 0.717) is 31.6 Å². The molecule has 0 saturated heterocycles. The molecular weight excluding hydrogens is 604 g/mol. The first-order chi connectivity index (χ1) is 23.1. The summed E-state index contributed by atoms with van der Waals surface area (Å²) >= 11 is 0. The molecule has 252 valence electrons. The van der Waals surface area contributed by atoms with E-state index < -0.39 is 12.0 Å². The Morgan fingerprint density at radius 3 is 2.40 bits per heavy atom. The van der Waals surface area contributed by atoms with Crippen molar-refractivity contribution in [2.75, 3.05) is 13.1 Å². The number of carboxylic acid groups (broad SMARTS) is 1. The van der Waals surface area contributed by atoms with E-state index in [9.17, 15) is 19.5 Å². The largest absolute Gasteiger partial charge is 0.480 e. The zero-order chi connectivity index (χ0) is 34.6. The minimum absolute atomic E-state index is 0.0226. The van der Waals surface area contributed by atoms with E-state index in [0.717, 1.165) is 34.0 Å². The summed E-state index contributed by atoms with van der Waals surface area (Å²) in [5.41, 5.74) is 3.38. The quantitative estimate of drug-likeness (QED) is 0.144. The molecule has 4 aromatic rings. The molecular formula is C38H46N6O4. The van der Waals surface area contributed by atoms with Gasteiger partial charge in [-0.25, -0.2) is 9.78 Å². The van der Waals surface area contributed by atoms with Crippen LogP contribution in [0, 0.1) is 23.2 Å². The first-order valence-corrected chi connectivity index (χ1v) is 16.5. The lowest BCUT2D eigenvalue weighted by Crippen LogP contribution is -2.51. The zero-order valence-corrected chi connectivity index (χ0v) is 28.2. The predicted molar refractivity (Wildman–Crippen MR) is 186 cm³/mol. The first-order valence-electron chi connectivity index (χ1n) is 16.5. The number of rotatable bonds is 17. The Bertz CT molecular complexity index is 1720. The predicted octanol–water partition coefficient (Wildman–Crippen LogP) is 5.15. The maximum atomic E-state index is 13.5. The second-order valence-corrected chi connectivity index (χ2v) is 13.0. The normalized spacial score (nSPS) is 13.2. The summed E-state index contributed by atoms with van der Waals surface area (Å²) in [6.07, 6.45) is 4.65. The topological polar surface area (TPSA) is 140 Å². The number of nitrogens with zero attached hydrogens (tertiary/aromatic N) is 4. The number of nitriles is 1. The van der Waals surface area contributed by atoms with Gasteiger partial charge >= 0.3 is 5.97 Å². The number of amides is 2. The lowest BCUT2D eigenvalue weighted by Gasteiger charge is -2.32. The highest BCUT2D eigenvalue weighted by Crippen LogP contribution is 2.21. The summed E-state index contributed by atoms with van der Waals surface area (Å²) in [6, 6.07) is 22.4. The minimum atomic E-state index is -1.05. The van der Waals surface area contributed by atoms with Crippen LogP contribution in [0.3, 0.4) is 0 Å². The summed E-state index contributed by atoms with van der Waals surface area (Å²) in [5.74, 6) is -1.38. The van der Waals surface area contributed by atoms with Gasteiger partial charge in [-0.15, -0.1) is 0 Å². The molecule has 10 heteroatoms. The van der Waals surface area contributed by atoms with Crippen LogP contribution in [-0.4, -0.2) is 62.5 Å². The number of carboxylic acids is 1. The number of imidazole rings is 1. The zero-order valence-electron chi connectivity index (χ0n) is 28.2. The van der Waals surface area contributed by atoms with Crippen molar-refractivity contribution in [1.82, 2.24) is 25.1 Å². The van der Waals surface area contributed by atoms with Gasteiger partial charge in [-0.05, 0) is 52.3 Å². The van der Waals surface area contributed by atoms with Gasteiger partial charge in [0, 0.05) is 37.6 Å². The van der Waals surface area contributed by atoms with Gasteiger partial charge in [-0.3, -0.25) is 14.5 Å². The van der Waals surface area contributed by atoms with Crippen LogP contribution in [0.25, 0.3) is 10.8 Å². The van der Waals surface area contributed by atoms with Gasteiger partial charge in [0.15, 0.2) is 0 Å². The Morgan fingerprint density at radius 1 is 0.979 bits per heavy atom. The highest BCUT2D eigenvalue weighted by Gasteiger charge is 2.26. The molecule has 0 aliphatic carbocycles. The van der Waals surface area contributed by atoms with Crippen LogP contribution in [0.1, 0.15) is 62.9 Å². The van der Waals surface area contributed by atoms with Crippen LogP contribution in [0.2, 0.25) is 0 Å². The molecule has 48 heavy (non-hydrogen) atoms. The van der Waals surface area contributed by atoms with Crippen molar-refractivity contribution in [3.8, 4) is 6.07 Å². The number of hydrogen-bond donors (Lipinski definition) is 3. The number of aliphatic carboxylic acids is 1. The van der Waals surface area contributed by atoms with E-state index in [2.05, 4.69) is 41.6 Å². The molecule has 1 aromatic heterocycles. The molecule has 1 heterocycles. The van der Waals surface area contributed by atoms with Gasteiger partial charge in [0.05, 0.1) is 30.9 Å². The van der Waals surface area contributed by atoms with Crippen molar-refractivity contribution >= 4 is 28.6 Å². The van der Waals surface area contributed by atoms with Gasteiger partial charge in [0.2, 0.25) is 11.8 Å². The van der Waals surface area contributed by atoms with E-state index in [1.54, 1.807) is 24.7 Å². The Hall–Kier alpha value is -5.01. The van der Waals surface area contributed by atoms with Crippen molar-refractivity contribution in [1.29, 1.82) is 5.26 Å². The second kappa shape index (κ2) is 17.2. The summed E-state index contributed by atoms with van der Waals surface area (Å²) in [4.78, 5) is 45.1. The third kappa shape index (κ3) is 10.2. The van der Waals surface area contributed by atoms with Crippen LogP contribution >= 0.6 is 0 Å². The van der Waals surface area contributed by atoms with E-state index >= 15 is 0 Å². The van der Waals surface area contributed by atoms with Gasteiger partial charge in [0.1, 0.15) is 6.04 Å². The number of fused-ring (bicyclic) bond motifs is 1. The Kier molecular flexibility index (Phi) is 12.9. The number of hydrogen-bond acceptors (Lipinski definition) is 6. The van der Waals surface area contributed by atoms with Crippen molar-refractivity contribution in [2.45, 2.75) is 72.1 Å². The fourth-order valence-corrected chi connectivity index (χ4v) is 5.86. The van der Waals surface area contributed by atoms with Crippen molar-refractivity contribution < 1.29 is 19.5 Å². The lowest BCUT2D eigenvalue weighted by atomic mass is 9.97. The van der Waals surface area contributed by atoms with Crippen molar-refractivity contribution in [3.63, 3.8) is 0 Å². The lowest BCUT2D eigenvalue weighted by molar-refractivity contribution is -0.142. The van der Waals surface area contributed by atoms with Crippen molar-refractivity contribution in [3.05, 3.63) is 102 Å². The summed E-state index contributed by atoms with van der Waals surface area (Å²) < 4.78 is 1.92.